The Hall–Kier alpha value is -1.42. The molecule has 4 nitrogen and oxygen atoms in total. The molecule has 0 aliphatic carbocycles. The molecule has 0 aromatic carbocycles. The number of fused-ring (bicyclic) bond motifs is 1. The minimum Gasteiger partial charge on any atom is -0.352 e. The summed E-state index contributed by atoms with van der Waals surface area (Å²) in [7, 11) is 1.49. The largest absolute Gasteiger partial charge is 0.352 e. The van der Waals surface area contributed by atoms with Crippen LogP contribution in [0.5, 0.6) is 0 Å². The number of hydrogen-bond donors (Lipinski definition) is 0. The molecule has 2 heterocycles. The van der Waals surface area contributed by atoms with Gasteiger partial charge in [0.05, 0.1) is 0 Å². The highest BCUT2D eigenvalue weighted by Crippen LogP contribution is 2.16. The smallest absolute Gasteiger partial charge is 0.298 e. The van der Waals surface area contributed by atoms with Gasteiger partial charge in [-0.3, -0.25) is 9.69 Å². The summed E-state index contributed by atoms with van der Waals surface area (Å²) < 4.78 is 4.97. The molecule has 0 radical (unpaired) electrons. The fourth-order valence-electron chi connectivity index (χ4n) is 1.24. The zero-order valence-electron chi connectivity index (χ0n) is 6.60. The van der Waals surface area contributed by atoms with Crippen LogP contribution in [0.2, 0.25) is 0 Å². The summed E-state index contributed by atoms with van der Waals surface area (Å²) in [6.45, 7) is 0. The number of rotatable bonds is 1. The first-order valence-electron chi connectivity index (χ1n) is 3.61. The van der Waals surface area contributed by atoms with Crippen LogP contribution in [0.1, 0.15) is 0 Å². The Morgan fingerprint density at radius 3 is 3.17 bits per heavy atom. The zero-order chi connectivity index (χ0) is 8.55. The number of amidine groups is 1. The summed E-state index contributed by atoms with van der Waals surface area (Å²) in [4.78, 5) is 16.6. The molecule has 4 heteroatoms. The highest BCUT2D eigenvalue weighted by Gasteiger charge is 2.32. The molecule has 1 amide bonds. The van der Waals surface area contributed by atoms with Crippen molar-refractivity contribution in [2.24, 2.45) is 4.99 Å². The quantitative estimate of drug-likeness (QED) is 0.559. The fourth-order valence-corrected chi connectivity index (χ4v) is 1.24. The number of aliphatic imine (C=N–C) groups is 1. The first-order chi connectivity index (χ1) is 5.83. The second-order valence-corrected chi connectivity index (χ2v) is 2.50. The Morgan fingerprint density at radius 2 is 2.42 bits per heavy atom. The van der Waals surface area contributed by atoms with Gasteiger partial charge in [0.2, 0.25) is 6.23 Å². The molecule has 2 aliphatic heterocycles. The first-order valence-corrected chi connectivity index (χ1v) is 3.61. The van der Waals surface area contributed by atoms with Crippen molar-refractivity contribution in [3.8, 4) is 0 Å². The summed E-state index contributed by atoms with van der Waals surface area (Å²) in [5, 5.41) is 0. The van der Waals surface area contributed by atoms with E-state index in [1.165, 1.54) is 7.11 Å². The molecule has 62 valence electrons. The number of nitrogens with zero attached hydrogens (tertiary/aromatic N) is 2. The number of carbonyl (C=O) groups excluding carboxylic acids is 1. The maximum atomic E-state index is 11.1. The molecule has 1 atom stereocenters. The molecule has 0 saturated carbocycles. The van der Waals surface area contributed by atoms with E-state index in [9.17, 15) is 4.79 Å². The number of ether oxygens (including phenoxy) is 1. The lowest BCUT2D eigenvalue weighted by Gasteiger charge is -2.21. The van der Waals surface area contributed by atoms with E-state index in [0.717, 1.165) is 0 Å². The predicted octanol–water partition coefficient (Wildman–Crippen LogP) is 0.283. The summed E-state index contributed by atoms with van der Waals surface area (Å²) in [5.41, 5.74) is 0. The average Bonchev–Trinajstić information content (AvgIpc) is 2.40. The van der Waals surface area contributed by atoms with Gasteiger partial charge in [-0.15, -0.1) is 0 Å². The lowest BCUT2D eigenvalue weighted by atomic mass is 10.3. The van der Waals surface area contributed by atoms with E-state index in [2.05, 4.69) is 4.99 Å². The van der Waals surface area contributed by atoms with Crippen molar-refractivity contribution in [2.75, 3.05) is 7.11 Å². The topological polar surface area (TPSA) is 41.9 Å². The highest BCUT2D eigenvalue weighted by atomic mass is 16.5. The maximum Gasteiger partial charge on any atom is 0.298 e. The van der Waals surface area contributed by atoms with E-state index in [-0.39, 0.29) is 5.91 Å². The molecule has 12 heavy (non-hydrogen) atoms. The molecule has 2 rings (SSSR count). The highest BCUT2D eigenvalue weighted by molar-refractivity contribution is 6.09. The van der Waals surface area contributed by atoms with Crippen molar-refractivity contribution in [3.05, 3.63) is 24.4 Å². The number of allylic oxidation sites excluding steroid dienone is 2. The van der Waals surface area contributed by atoms with Gasteiger partial charge in [-0.2, -0.15) is 4.99 Å². The van der Waals surface area contributed by atoms with Crippen LogP contribution in [0, 0.1) is 0 Å². The van der Waals surface area contributed by atoms with E-state index >= 15 is 0 Å². The Bertz CT molecular complexity index is 304. The number of methoxy groups -OCH3 is 1. The Labute approximate surface area is 69.8 Å². The van der Waals surface area contributed by atoms with Crippen molar-refractivity contribution >= 4 is 11.7 Å². The molecule has 2 aliphatic rings. The van der Waals surface area contributed by atoms with Crippen molar-refractivity contribution in [3.63, 3.8) is 0 Å². The molecular formula is C8H8N2O2. The van der Waals surface area contributed by atoms with Gasteiger partial charge < -0.3 is 4.74 Å². The van der Waals surface area contributed by atoms with Gasteiger partial charge in [-0.25, -0.2) is 0 Å². The third kappa shape index (κ3) is 0.887. The molecule has 1 unspecified atom stereocenters. The van der Waals surface area contributed by atoms with Crippen LogP contribution in [0.25, 0.3) is 0 Å². The minimum absolute atomic E-state index is 0.247. The van der Waals surface area contributed by atoms with Gasteiger partial charge in [0.25, 0.3) is 5.91 Å². The van der Waals surface area contributed by atoms with Crippen molar-refractivity contribution in [2.45, 2.75) is 6.23 Å². The predicted molar refractivity (Wildman–Crippen MR) is 43.4 cm³/mol. The van der Waals surface area contributed by atoms with Crippen LogP contribution in [-0.2, 0) is 9.53 Å². The summed E-state index contributed by atoms with van der Waals surface area (Å²) in [5.74, 6) is 0.401. The van der Waals surface area contributed by atoms with Gasteiger partial charge in [-0.1, -0.05) is 6.08 Å². The van der Waals surface area contributed by atoms with Crippen LogP contribution >= 0.6 is 0 Å². The standard InChI is InChI=1S/C8H8N2O2/c1-12-8-7(11)9-6-4-2-3-5-10(6)8/h2-5,8H,1H3. The number of amides is 1. The van der Waals surface area contributed by atoms with Gasteiger partial charge in [0, 0.05) is 13.3 Å². The van der Waals surface area contributed by atoms with Gasteiger partial charge in [-0.05, 0) is 12.2 Å². The van der Waals surface area contributed by atoms with Crippen molar-refractivity contribution in [1.82, 2.24) is 4.90 Å². The van der Waals surface area contributed by atoms with Gasteiger partial charge in [0.15, 0.2) is 0 Å². The fraction of sp³-hybridized carbons (Fsp3) is 0.250. The van der Waals surface area contributed by atoms with E-state index < -0.39 is 6.23 Å². The van der Waals surface area contributed by atoms with Crippen LogP contribution in [0.3, 0.4) is 0 Å². The van der Waals surface area contributed by atoms with Crippen molar-refractivity contribution < 1.29 is 9.53 Å². The third-order valence-electron chi connectivity index (χ3n) is 1.78. The normalized spacial score (nSPS) is 26.1. The summed E-state index contributed by atoms with van der Waals surface area (Å²) >= 11 is 0. The molecule has 0 bridgehead atoms. The van der Waals surface area contributed by atoms with Gasteiger partial charge >= 0.3 is 0 Å². The molecular weight excluding hydrogens is 156 g/mol. The molecule has 0 fully saturated rings. The Kier molecular flexibility index (Phi) is 1.55. The molecule has 0 N–H and O–H groups in total. The molecule has 0 spiro atoms. The van der Waals surface area contributed by atoms with Crippen molar-refractivity contribution in [1.29, 1.82) is 0 Å². The van der Waals surface area contributed by atoms with Crippen LogP contribution in [-0.4, -0.2) is 30.0 Å². The lowest BCUT2D eigenvalue weighted by Crippen LogP contribution is -2.35. The monoisotopic (exact) mass is 164 g/mol. The summed E-state index contributed by atoms with van der Waals surface area (Å²) in [6.07, 6.45) is 6.65. The van der Waals surface area contributed by atoms with E-state index in [4.69, 9.17) is 4.74 Å². The SMILES string of the molecule is COC1C(=O)N=C2C=CC=CN21. The van der Waals surface area contributed by atoms with Crippen LogP contribution < -0.4 is 0 Å². The lowest BCUT2D eigenvalue weighted by molar-refractivity contribution is -0.130. The Balaban J connectivity index is 2.33. The van der Waals surface area contributed by atoms with Crippen LogP contribution in [0.4, 0.5) is 0 Å². The Morgan fingerprint density at radius 1 is 1.58 bits per heavy atom. The van der Waals surface area contributed by atoms with E-state index in [1.807, 2.05) is 12.2 Å². The first kappa shape index (κ1) is 7.24. The molecule has 0 saturated heterocycles. The van der Waals surface area contributed by atoms with Crippen LogP contribution in [0.15, 0.2) is 29.4 Å². The number of hydrogen-bond acceptors (Lipinski definition) is 3. The molecule has 0 aromatic heterocycles. The maximum absolute atomic E-state index is 11.1. The summed E-state index contributed by atoms with van der Waals surface area (Å²) in [6, 6.07) is 0. The third-order valence-corrected chi connectivity index (χ3v) is 1.78. The zero-order valence-corrected chi connectivity index (χ0v) is 6.60. The van der Waals surface area contributed by atoms with Gasteiger partial charge in [0.1, 0.15) is 5.84 Å². The second-order valence-electron chi connectivity index (χ2n) is 2.50. The molecule has 0 aromatic rings. The van der Waals surface area contributed by atoms with E-state index in [1.54, 1.807) is 17.2 Å². The average molecular weight is 164 g/mol. The van der Waals surface area contributed by atoms with E-state index in [0.29, 0.717) is 5.84 Å². The minimum atomic E-state index is -0.568. The number of carbonyl (C=O) groups is 1. The second kappa shape index (κ2) is 2.57.